The molecule has 1 fully saturated rings. The summed E-state index contributed by atoms with van der Waals surface area (Å²) in [7, 11) is 0. The number of aromatic nitrogens is 1. The maximum atomic E-state index is 13.1. The Bertz CT molecular complexity index is 1140. The number of hydrogen-bond acceptors (Lipinski definition) is 2. The summed E-state index contributed by atoms with van der Waals surface area (Å²) in [5.41, 5.74) is 4.21. The van der Waals surface area contributed by atoms with Gasteiger partial charge in [-0.05, 0) is 29.3 Å². The average Bonchev–Trinajstić information content (AvgIpc) is 3.24. The lowest BCUT2D eigenvalue weighted by Crippen LogP contribution is -2.50. The van der Waals surface area contributed by atoms with Gasteiger partial charge in [-0.25, -0.2) is 0 Å². The molecule has 0 bridgehead atoms. The molecule has 0 aliphatic carbocycles. The van der Waals surface area contributed by atoms with Crippen LogP contribution in [0.5, 0.6) is 0 Å². The summed E-state index contributed by atoms with van der Waals surface area (Å²) < 4.78 is 1.00. The summed E-state index contributed by atoms with van der Waals surface area (Å²) in [4.78, 5) is 20.9. The quantitative estimate of drug-likeness (QED) is 0.426. The van der Waals surface area contributed by atoms with Crippen LogP contribution in [0.15, 0.2) is 89.4 Å². The predicted octanol–water partition coefficient (Wildman–Crippen LogP) is 5.48. The molecule has 1 aliphatic heterocycles. The van der Waals surface area contributed by atoms with Crippen LogP contribution in [0, 0.1) is 0 Å². The summed E-state index contributed by atoms with van der Waals surface area (Å²) >= 11 is 3.49. The van der Waals surface area contributed by atoms with E-state index in [4.69, 9.17) is 0 Å². The molecule has 3 aromatic carbocycles. The Morgan fingerprint density at radius 2 is 1.42 bits per heavy atom. The molecule has 1 N–H and O–H groups in total. The molecule has 4 aromatic rings. The minimum atomic E-state index is 0.0722. The lowest BCUT2D eigenvalue weighted by atomic mass is 9.96. The van der Waals surface area contributed by atoms with Crippen LogP contribution in [0.3, 0.4) is 0 Å². The van der Waals surface area contributed by atoms with Crippen molar-refractivity contribution in [2.75, 3.05) is 26.2 Å². The van der Waals surface area contributed by atoms with Crippen molar-refractivity contribution in [2.45, 2.75) is 6.04 Å². The first-order valence-corrected chi connectivity index (χ1v) is 11.4. The van der Waals surface area contributed by atoms with E-state index in [0.29, 0.717) is 18.8 Å². The SMILES string of the molecule is O=C(c1cc2ccc(Br)cc2[nH]1)N1CCN(C(c2ccccc2)c2ccccc2)CC1. The number of carbonyl (C=O) groups is 1. The first-order valence-electron chi connectivity index (χ1n) is 10.6. The van der Waals surface area contributed by atoms with Gasteiger partial charge in [-0.1, -0.05) is 82.7 Å². The van der Waals surface area contributed by atoms with Gasteiger partial charge >= 0.3 is 0 Å². The number of fused-ring (bicyclic) bond motifs is 1. The number of nitrogens with zero attached hydrogens (tertiary/aromatic N) is 2. The topological polar surface area (TPSA) is 39.3 Å². The van der Waals surface area contributed by atoms with Crippen LogP contribution >= 0.6 is 15.9 Å². The molecule has 5 heteroatoms. The van der Waals surface area contributed by atoms with Gasteiger partial charge in [-0.15, -0.1) is 0 Å². The lowest BCUT2D eigenvalue weighted by Gasteiger charge is -2.39. The Labute approximate surface area is 190 Å². The molecule has 1 aliphatic rings. The fraction of sp³-hybridized carbons (Fsp3) is 0.192. The Balaban J connectivity index is 1.34. The van der Waals surface area contributed by atoms with Crippen molar-refractivity contribution in [1.82, 2.24) is 14.8 Å². The Morgan fingerprint density at radius 3 is 2.03 bits per heavy atom. The molecule has 1 amide bonds. The molecular formula is C26H24BrN3O. The Kier molecular flexibility index (Phi) is 5.62. The summed E-state index contributed by atoms with van der Waals surface area (Å²) in [5.74, 6) is 0.0722. The number of piperazine rings is 1. The van der Waals surface area contributed by atoms with Crippen molar-refractivity contribution >= 4 is 32.7 Å². The Hall–Kier alpha value is -2.89. The molecule has 1 saturated heterocycles. The summed E-state index contributed by atoms with van der Waals surface area (Å²) in [5, 5.41) is 1.05. The van der Waals surface area contributed by atoms with Crippen molar-refractivity contribution in [3.8, 4) is 0 Å². The van der Waals surface area contributed by atoms with Gasteiger partial charge in [0.05, 0.1) is 6.04 Å². The minimum absolute atomic E-state index is 0.0722. The van der Waals surface area contributed by atoms with Crippen LogP contribution in [0.4, 0.5) is 0 Å². The summed E-state index contributed by atoms with van der Waals surface area (Å²) in [6, 6.07) is 29.4. The third-order valence-corrected chi connectivity index (χ3v) is 6.51. The predicted molar refractivity (Wildman–Crippen MR) is 128 cm³/mol. The number of rotatable bonds is 4. The van der Waals surface area contributed by atoms with Crippen LogP contribution in [0.1, 0.15) is 27.7 Å². The number of carbonyl (C=O) groups excluding carboxylic acids is 1. The maximum absolute atomic E-state index is 13.1. The van der Waals surface area contributed by atoms with Crippen LogP contribution in [-0.2, 0) is 0 Å². The normalized spacial score (nSPS) is 15.0. The molecule has 5 rings (SSSR count). The zero-order chi connectivity index (χ0) is 21.2. The van der Waals surface area contributed by atoms with Crippen molar-refractivity contribution in [3.05, 3.63) is 106 Å². The molecular weight excluding hydrogens is 450 g/mol. The van der Waals surface area contributed by atoms with Gasteiger partial charge < -0.3 is 9.88 Å². The minimum Gasteiger partial charge on any atom is -0.350 e. The first-order chi connectivity index (χ1) is 15.2. The highest BCUT2D eigenvalue weighted by molar-refractivity contribution is 9.10. The number of aromatic amines is 1. The van der Waals surface area contributed by atoms with Gasteiger partial charge in [0.2, 0.25) is 0 Å². The smallest absolute Gasteiger partial charge is 0.270 e. The van der Waals surface area contributed by atoms with Crippen LogP contribution < -0.4 is 0 Å². The fourth-order valence-electron chi connectivity index (χ4n) is 4.45. The van der Waals surface area contributed by atoms with Crippen molar-refractivity contribution in [2.24, 2.45) is 0 Å². The Morgan fingerprint density at radius 1 is 0.806 bits per heavy atom. The van der Waals surface area contributed by atoms with Crippen molar-refractivity contribution in [3.63, 3.8) is 0 Å². The first kappa shape index (κ1) is 20.0. The second kappa shape index (κ2) is 8.69. The van der Waals surface area contributed by atoms with E-state index in [9.17, 15) is 4.79 Å². The van der Waals surface area contributed by atoms with E-state index in [0.717, 1.165) is 28.5 Å². The van der Waals surface area contributed by atoms with E-state index in [1.807, 2.05) is 29.2 Å². The highest BCUT2D eigenvalue weighted by Gasteiger charge is 2.29. The second-order valence-corrected chi connectivity index (χ2v) is 8.88. The monoisotopic (exact) mass is 473 g/mol. The third kappa shape index (κ3) is 4.16. The van der Waals surface area contributed by atoms with Crippen molar-refractivity contribution in [1.29, 1.82) is 0 Å². The zero-order valence-corrected chi connectivity index (χ0v) is 18.8. The third-order valence-electron chi connectivity index (χ3n) is 6.01. The van der Waals surface area contributed by atoms with Gasteiger partial charge in [-0.2, -0.15) is 0 Å². The molecule has 156 valence electrons. The van der Waals surface area contributed by atoms with E-state index in [1.54, 1.807) is 0 Å². The van der Waals surface area contributed by atoms with Crippen LogP contribution in [-0.4, -0.2) is 46.9 Å². The zero-order valence-electron chi connectivity index (χ0n) is 17.2. The van der Waals surface area contributed by atoms with Gasteiger partial charge in [0.1, 0.15) is 5.69 Å². The maximum Gasteiger partial charge on any atom is 0.270 e. The highest BCUT2D eigenvalue weighted by atomic mass is 79.9. The van der Waals surface area contributed by atoms with Gasteiger partial charge in [-0.3, -0.25) is 9.69 Å². The van der Waals surface area contributed by atoms with Gasteiger partial charge in [0.15, 0.2) is 0 Å². The number of hydrogen-bond donors (Lipinski definition) is 1. The molecule has 31 heavy (non-hydrogen) atoms. The summed E-state index contributed by atoms with van der Waals surface area (Å²) in [6.07, 6.45) is 0. The van der Waals surface area contributed by atoms with E-state index in [2.05, 4.69) is 86.5 Å². The van der Waals surface area contributed by atoms with E-state index in [1.165, 1.54) is 11.1 Å². The molecule has 4 nitrogen and oxygen atoms in total. The lowest BCUT2D eigenvalue weighted by molar-refractivity contribution is 0.0592. The number of amides is 1. The number of H-pyrrole nitrogens is 1. The van der Waals surface area contributed by atoms with Crippen LogP contribution in [0.25, 0.3) is 10.9 Å². The molecule has 0 atom stereocenters. The molecule has 0 radical (unpaired) electrons. The number of benzene rings is 3. The fourth-order valence-corrected chi connectivity index (χ4v) is 4.81. The largest absolute Gasteiger partial charge is 0.350 e. The van der Waals surface area contributed by atoms with Crippen molar-refractivity contribution < 1.29 is 4.79 Å². The van der Waals surface area contributed by atoms with Gasteiger partial charge in [0, 0.05) is 41.6 Å². The summed E-state index contributed by atoms with van der Waals surface area (Å²) in [6.45, 7) is 3.11. The van der Waals surface area contributed by atoms with Crippen LogP contribution in [0.2, 0.25) is 0 Å². The van der Waals surface area contributed by atoms with E-state index < -0.39 is 0 Å². The molecule has 0 spiro atoms. The molecule has 1 aromatic heterocycles. The number of halogens is 1. The number of nitrogens with one attached hydrogen (secondary N) is 1. The highest BCUT2D eigenvalue weighted by Crippen LogP contribution is 2.30. The standard InChI is InChI=1S/C26H24BrN3O/c27-22-12-11-21-17-24(28-23(21)18-22)26(31)30-15-13-29(14-16-30)25(19-7-3-1-4-8-19)20-9-5-2-6-10-20/h1-12,17-18,25,28H,13-16H2. The molecule has 0 unspecified atom stereocenters. The molecule has 0 saturated carbocycles. The molecule has 2 heterocycles. The van der Waals surface area contributed by atoms with E-state index >= 15 is 0 Å². The van der Waals surface area contributed by atoms with E-state index in [-0.39, 0.29) is 11.9 Å². The van der Waals surface area contributed by atoms with Gasteiger partial charge in [0.25, 0.3) is 5.91 Å². The average molecular weight is 474 g/mol. The second-order valence-electron chi connectivity index (χ2n) is 7.97.